The van der Waals surface area contributed by atoms with Crippen LogP contribution in [0.3, 0.4) is 0 Å². The van der Waals surface area contributed by atoms with E-state index >= 15 is 0 Å². The van der Waals surface area contributed by atoms with Gasteiger partial charge in [-0.05, 0) is 46.6 Å². The Bertz CT molecular complexity index is 582. The van der Waals surface area contributed by atoms with Gasteiger partial charge in [0.2, 0.25) is 0 Å². The van der Waals surface area contributed by atoms with Gasteiger partial charge in [0.1, 0.15) is 12.4 Å². The largest absolute Gasteiger partial charge is 0.488 e. The summed E-state index contributed by atoms with van der Waals surface area (Å²) in [7, 11) is 0. The zero-order valence-electron chi connectivity index (χ0n) is 11.1. The van der Waals surface area contributed by atoms with E-state index in [-0.39, 0.29) is 5.97 Å². The first-order valence-electron chi connectivity index (χ1n) is 6.34. The first kappa shape index (κ1) is 14.6. The lowest BCUT2D eigenvalue weighted by molar-refractivity contribution is 0.0526. The quantitative estimate of drug-likeness (QED) is 0.768. The van der Waals surface area contributed by atoms with Crippen LogP contribution in [-0.4, -0.2) is 12.6 Å². The van der Waals surface area contributed by atoms with E-state index in [9.17, 15) is 4.79 Å². The summed E-state index contributed by atoms with van der Waals surface area (Å²) < 4.78 is 11.4. The van der Waals surface area contributed by atoms with Gasteiger partial charge in [0.05, 0.1) is 16.6 Å². The van der Waals surface area contributed by atoms with E-state index < -0.39 is 0 Å². The Morgan fingerprint density at radius 1 is 1.15 bits per heavy atom. The van der Waals surface area contributed by atoms with Gasteiger partial charge in [0.15, 0.2) is 0 Å². The molecular weight excluding hydrogens is 320 g/mol. The van der Waals surface area contributed by atoms with Crippen molar-refractivity contribution < 1.29 is 14.3 Å². The summed E-state index contributed by atoms with van der Waals surface area (Å²) in [6, 6.07) is 15.1. The van der Waals surface area contributed by atoms with E-state index in [4.69, 9.17) is 9.47 Å². The number of esters is 1. The molecule has 20 heavy (non-hydrogen) atoms. The van der Waals surface area contributed by atoms with Gasteiger partial charge in [-0.3, -0.25) is 0 Å². The summed E-state index contributed by atoms with van der Waals surface area (Å²) in [6.07, 6.45) is 0. The molecule has 0 aliphatic heterocycles. The van der Waals surface area contributed by atoms with Crippen molar-refractivity contribution in [1.29, 1.82) is 0 Å². The molecule has 2 aromatic rings. The molecule has 0 heterocycles. The molecule has 0 aliphatic rings. The van der Waals surface area contributed by atoms with Gasteiger partial charge in [-0.1, -0.05) is 30.3 Å². The van der Waals surface area contributed by atoms with Crippen LogP contribution in [0.25, 0.3) is 0 Å². The minimum absolute atomic E-state index is 0.331. The molecule has 2 aromatic carbocycles. The smallest absolute Gasteiger partial charge is 0.338 e. The second kappa shape index (κ2) is 7.10. The molecule has 0 amide bonds. The van der Waals surface area contributed by atoms with Crippen molar-refractivity contribution in [2.24, 2.45) is 0 Å². The van der Waals surface area contributed by atoms with Gasteiger partial charge in [-0.15, -0.1) is 0 Å². The number of ether oxygens (including phenoxy) is 2. The van der Waals surface area contributed by atoms with E-state index in [1.807, 2.05) is 30.3 Å². The van der Waals surface area contributed by atoms with Crippen LogP contribution in [0.2, 0.25) is 0 Å². The van der Waals surface area contributed by atoms with Crippen molar-refractivity contribution in [2.75, 3.05) is 6.61 Å². The maximum Gasteiger partial charge on any atom is 0.338 e. The highest BCUT2D eigenvalue weighted by atomic mass is 79.9. The molecule has 0 fully saturated rings. The lowest BCUT2D eigenvalue weighted by Gasteiger charge is -2.09. The monoisotopic (exact) mass is 334 g/mol. The predicted molar refractivity (Wildman–Crippen MR) is 80.9 cm³/mol. The summed E-state index contributed by atoms with van der Waals surface area (Å²) in [5.41, 5.74) is 1.60. The molecule has 0 radical (unpaired) electrons. The molecule has 0 saturated carbocycles. The summed E-state index contributed by atoms with van der Waals surface area (Å²) in [4.78, 5) is 11.6. The van der Waals surface area contributed by atoms with E-state index in [2.05, 4.69) is 15.9 Å². The average molecular weight is 335 g/mol. The van der Waals surface area contributed by atoms with Crippen LogP contribution in [0, 0.1) is 0 Å². The van der Waals surface area contributed by atoms with Crippen LogP contribution in [0.5, 0.6) is 5.75 Å². The Balaban J connectivity index is 2.04. The minimum Gasteiger partial charge on any atom is -0.488 e. The number of hydrogen-bond acceptors (Lipinski definition) is 3. The lowest BCUT2D eigenvalue weighted by atomic mass is 10.2. The zero-order chi connectivity index (χ0) is 14.4. The van der Waals surface area contributed by atoms with Crippen LogP contribution in [0.15, 0.2) is 53.0 Å². The van der Waals surface area contributed by atoms with Gasteiger partial charge < -0.3 is 9.47 Å². The molecule has 104 valence electrons. The number of carbonyl (C=O) groups excluding carboxylic acids is 1. The standard InChI is InChI=1S/C16H15BrO3/c1-2-19-16(18)13-8-9-15(14(17)10-13)20-11-12-6-4-3-5-7-12/h3-10H,2,11H2,1H3. The van der Waals surface area contributed by atoms with Crippen LogP contribution < -0.4 is 4.74 Å². The average Bonchev–Trinajstić information content (AvgIpc) is 2.47. The molecule has 0 spiro atoms. The second-order valence-corrected chi connectivity index (χ2v) is 4.99. The highest BCUT2D eigenvalue weighted by molar-refractivity contribution is 9.10. The van der Waals surface area contributed by atoms with Gasteiger partial charge in [0, 0.05) is 0 Å². The fraction of sp³-hybridized carbons (Fsp3) is 0.188. The van der Waals surface area contributed by atoms with Crippen LogP contribution in [0.1, 0.15) is 22.8 Å². The number of rotatable bonds is 5. The molecule has 2 rings (SSSR count). The third-order valence-corrected chi connectivity index (χ3v) is 3.30. The second-order valence-electron chi connectivity index (χ2n) is 4.14. The highest BCUT2D eigenvalue weighted by Gasteiger charge is 2.10. The van der Waals surface area contributed by atoms with Crippen LogP contribution >= 0.6 is 15.9 Å². The number of hydrogen-bond donors (Lipinski definition) is 0. The zero-order valence-corrected chi connectivity index (χ0v) is 12.7. The number of halogens is 1. The summed E-state index contributed by atoms with van der Waals surface area (Å²) in [5.74, 6) is 0.365. The van der Waals surface area contributed by atoms with Crippen molar-refractivity contribution in [3.8, 4) is 5.75 Å². The Morgan fingerprint density at radius 2 is 1.90 bits per heavy atom. The normalized spacial score (nSPS) is 10.1. The molecular formula is C16H15BrO3. The number of carbonyl (C=O) groups is 1. The van der Waals surface area contributed by atoms with Crippen molar-refractivity contribution in [2.45, 2.75) is 13.5 Å². The Labute approximate surface area is 126 Å². The van der Waals surface area contributed by atoms with Crippen LogP contribution in [0.4, 0.5) is 0 Å². The van der Waals surface area contributed by atoms with E-state index in [1.54, 1.807) is 25.1 Å². The van der Waals surface area contributed by atoms with Gasteiger partial charge in [-0.2, -0.15) is 0 Å². The maximum atomic E-state index is 11.6. The molecule has 0 aliphatic carbocycles. The maximum absolute atomic E-state index is 11.6. The molecule has 0 aromatic heterocycles. The third-order valence-electron chi connectivity index (χ3n) is 2.68. The topological polar surface area (TPSA) is 35.5 Å². The third kappa shape index (κ3) is 3.84. The summed E-state index contributed by atoms with van der Waals surface area (Å²) in [6.45, 7) is 2.63. The fourth-order valence-electron chi connectivity index (χ4n) is 1.69. The van der Waals surface area contributed by atoms with E-state index in [0.717, 1.165) is 10.0 Å². The highest BCUT2D eigenvalue weighted by Crippen LogP contribution is 2.27. The molecule has 3 nitrogen and oxygen atoms in total. The molecule has 0 bridgehead atoms. The Hall–Kier alpha value is -1.81. The molecule has 4 heteroatoms. The van der Waals surface area contributed by atoms with Crippen molar-refractivity contribution in [1.82, 2.24) is 0 Å². The Morgan fingerprint density at radius 3 is 2.55 bits per heavy atom. The van der Waals surface area contributed by atoms with Crippen molar-refractivity contribution in [3.63, 3.8) is 0 Å². The SMILES string of the molecule is CCOC(=O)c1ccc(OCc2ccccc2)c(Br)c1. The molecule has 0 unspecified atom stereocenters. The van der Waals surface area contributed by atoms with Gasteiger partial charge >= 0.3 is 5.97 Å². The minimum atomic E-state index is -0.331. The first-order valence-corrected chi connectivity index (χ1v) is 7.13. The fourth-order valence-corrected chi connectivity index (χ4v) is 2.19. The molecule has 0 N–H and O–H groups in total. The first-order chi connectivity index (χ1) is 9.70. The van der Waals surface area contributed by atoms with Crippen LogP contribution in [-0.2, 0) is 11.3 Å². The molecule has 0 atom stereocenters. The van der Waals surface area contributed by atoms with E-state index in [1.165, 1.54) is 0 Å². The van der Waals surface area contributed by atoms with Gasteiger partial charge in [0.25, 0.3) is 0 Å². The van der Waals surface area contributed by atoms with Crippen molar-refractivity contribution in [3.05, 3.63) is 64.1 Å². The van der Waals surface area contributed by atoms with E-state index in [0.29, 0.717) is 24.5 Å². The number of benzene rings is 2. The summed E-state index contributed by atoms with van der Waals surface area (Å²) >= 11 is 3.41. The predicted octanol–water partition coefficient (Wildman–Crippen LogP) is 4.20. The van der Waals surface area contributed by atoms with Gasteiger partial charge in [-0.25, -0.2) is 4.79 Å². The molecule has 0 saturated heterocycles. The lowest BCUT2D eigenvalue weighted by Crippen LogP contribution is -2.05. The van der Waals surface area contributed by atoms with Crippen molar-refractivity contribution >= 4 is 21.9 Å². The Kier molecular flexibility index (Phi) is 5.18. The summed E-state index contributed by atoms with van der Waals surface area (Å²) in [5, 5.41) is 0.